The Morgan fingerprint density at radius 3 is 2.63 bits per heavy atom. The van der Waals surface area contributed by atoms with Crippen LogP contribution in [-0.4, -0.2) is 37.0 Å². The molecule has 0 spiro atoms. The Morgan fingerprint density at radius 1 is 1.21 bits per heavy atom. The van der Waals surface area contributed by atoms with Crippen LogP contribution in [0.2, 0.25) is 0 Å². The smallest absolute Gasteiger partial charge is 0.243 e. The number of aliphatic hydroxyl groups is 1. The second kappa shape index (κ2) is 4.58. The fourth-order valence-corrected chi connectivity index (χ4v) is 5.14. The van der Waals surface area contributed by atoms with E-state index in [9.17, 15) is 13.5 Å². The maximum atomic E-state index is 12.6. The molecule has 1 aromatic carbocycles. The molecule has 3 atom stereocenters. The van der Waals surface area contributed by atoms with Crippen LogP contribution in [0.15, 0.2) is 29.2 Å². The van der Waals surface area contributed by atoms with Gasteiger partial charge in [0, 0.05) is 19.0 Å². The third kappa shape index (κ3) is 2.10. The second-order valence-electron chi connectivity index (χ2n) is 5.66. The van der Waals surface area contributed by atoms with E-state index in [0.29, 0.717) is 23.9 Å². The first-order chi connectivity index (χ1) is 9.00. The van der Waals surface area contributed by atoms with Gasteiger partial charge in [0.2, 0.25) is 10.0 Å². The molecule has 104 valence electrons. The van der Waals surface area contributed by atoms with Crippen molar-refractivity contribution in [3.05, 3.63) is 29.8 Å². The standard InChI is InChI=1S/C14H19NO3S/c1-10-4-2-3-5-14(10)19(17,18)15-8-11-6-7-13(16)12(11)9-15/h2-5,11-13,16H,6-9H2,1H3. The number of hydrogen-bond donors (Lipinski definition) is 1. The van der Waals surface area contributed by atoms with Crippen LogP contribution in [0.3, 0.4) is 0 Å². The lowest BCUT2D eigenvalue weighted by Crippen LogP contribution is -2.31. The molecule has 1 heterocycles. The van der Waals surface area contributed by atoms with Crippen LogP contribution < -0.4 is 0 Å². The van der Waals surface area contributed by atoms with Gasteiger partial charge < -0.3 is 5.11 Å². The fraction of sp³-hybridized carbons (Fsp3) is 0.571. The summed E-state index contributed by atoms with van der Waals surface area (Å²) in [5.41, 5.74) is 0.778. The molecule has 2 aliphatic rings. The Kier molecular flexibility index (Phi) is 3.15. The van der Waals surface area contributed by atoms with Gasteiger partial charge in [-0.2, -0.15) is 4.31 Å². The minimum absolute atomic E-state index is 0.124. The van der Waals surface area contributed by atoms with Crippen molar-refractivity contribution in [3.63, 3.8) is 0 Å². The summed E-state index contributed by atoms with van der Waals surface area (Å²) in [6.45, 7) is 2.83. The predicted molar refractivity (Wildman–Crippen MR) is 72.2 cm³/mol. The number of aryl methyl sites for hydroxylation is 1. The van der Waals surface area contributed by atoms with Crippen molar-refractivity contribution in [1.82, 2.24) is 4.31 Å². The Balaban J connectivity index is 1.89. The van der Waals surface area contributed by atoms with Gasteiger partial charge in [0.1, 0.15) is 0 Å². The molecule has 3 rings (SSSR count). The van der Waals surface area contributed by atoms with Crippen molar-refractivity contribution in [2.45, 2.75) is 30.8 Å². The highest BCUT2D eigenvalue weighted by atomic mass is 32.2. The van der Waals surface area contributed by atoms with E-state index in [1.54, 1.807) is 16.4 Å². The van der Waals surface area contributed by atoms with Crippen LogP contribution in [0.4, 0.5) is 0 Å². The molecule has 2 fully saturated rings. The van der Waals surface area contributed by atoms with Crippen molar-refractivity contribution in [1.29, 1.82) is 0 Å². The number of nitrogens with zero attached hydrogens (tertiary/aromatic N) is 1. The molecule has 0 bridgehead atoms. The molecular formula is C14H19NO3S. The number of hydrogen-bond acceptors (Lipinski definition) is 3. The summed E-state index contributed by atoms with van der Waals surface area (Å²) >= 11 is 0. The first kappa shape index (κ1) is 13.1. The SMILES string of the molecule is Cc1ccccc1S(=O)(=O)N1CC2CCC(O)C2C1. The topological polar surface area (TPSA) is 57.6 Å². The molecular weight excluding hydrogens is 262 g/mol. The molecule has 1 N–H and O–H groups in total. The van der Waals surface area contributed by atoms with Crippen LogP contribution in [0.1, 0.15) is 18.4 Å². The van der Waals surface area contributed by atoms with Crippen molar-refractivity contribution in [3.8, 4) is 0 Å². The zero-order valence-corrected chi connectivity index (χ0v) is 11.8. The van der Waals surface area contributed by atoms with Gasteiger partial charge in [0.05, 0.1) is 11.0 Å². The minimum Gasteiger partial charge on any atom is -0.393 e. The summed E-state index contributed by atoms with van der Waals surface area (Å²) in [5.74, 6) is 0.451. The van der Waals surface area contributed by atoms with Crippen LogP contribution in [0, 0.1) is 18.8 Å². The van der Waals surface area contributed by atoms with Gasteiger partial charge in [-0.1, -0.05) is 18.2 Å². The van der Waals surface area contributed by atoms with Crippen LogP contribution in [0.5, 0.6) is 0 Å². The van der Waals surface area contributed by atoms with Crippen molar-refractivity contribution >= 4 is 10.0 Å². The number of rotatable bonds is 2. The molecule has 0 amide bonds. The Hall–Kier alpha value is -0.910. The van der Waals surface area contributed by atoms with Gasteiger partial charge in [-0.05, 0) is 37.3 Å². The number of sulfonamides is 1. The molecule has 4 nitrogen and oxygen atoms in total. The first-order valence-corrected chi connectivity index (χ1v) is 8.18. The summed E-state index contributed by atoms with van der Waals surface area (Å²) in [5, 5.41) is 9.89. The van der Waals surface area contributed by atoms with Gasteiger partial charge in [0.15, 0.2) is 0 Å². The Labute approximate surface area is 114 Å². The molecule has 5 heteroatoms. The normalized spacial score (nSPS) is 31.6. The van der Waals surface area contributed by atoms with E-state index in [-0.39, 0.29) is 12.0 Å². The van der Waals surface area contributed by atoms with Gasteiger partial charge in [-0.15, -0.1) is 0 Å². The lowest BCUT2D eigenvalue weighted by molar-refractivity contribution is 0.129. The molecule has 1 saturated carbocycles. The van der Waals surface area contributed by atoms with E-state index in [0.717, 1.165) is 18.4 Å². The summed E-state index contributed by atoms with van der Waals surface area (Å²) < 4.78 is 26.8. The van der Waals surface area contributed by atoms with E-state index < -0.39 is 10.0 Å². The molecule has 1 aliphatic heterocycles. The van der Waals surface area contributed by atoms with Gasteiger partial charge in [-0.25, -0.2) is 8.42 Å². The summed E-state index contributed by atoms with van der Waals surface area (Å²) in [6.07, 6.45) is 1.42. The van der Waals surface area contributed by atoms with Gasteiger partial charge in [0.25, 0.3) is 0 Å². The van der Waals surface area contributed by atoms with Gasteiger partial charge >= 0.3 is 0 Å². The van der Waals surface area contributed by atoms with E-state index >= 15 is 0 Å². The highest BCUT2D eigenvalue weighted by molar-refractivity contribution is 7.89. The predicted octanol–water partition coefficient (Wildman–Crippen LogP) is 1.39. The van der Waals surface area contributed by atoms with Crippen LogP contribution >= 0.6 is 0 Å². The highest BCUT2D eigenvalue weighted by Gasteiger charge is 2.45. The van der Waals surface area contributed by atoms with E-state index in [2.05, 4.69) is 0 Å². The summed E-state index contributed by atoms with van der Waals surface area (Å²) in [4.78, 5) is 0.393. The quantitative estimate of drug-likeness (QED) is 0.891. The minimum atomic E-state index is -3.41. The second-order valence-corrected chi connectivity index (χ2v) is 7.56. The molecule has 0 aromatic heterocycles. The molecule has 3 unspecified atom stereocenters. The molecule has 19 heavy (non-hydrogen) atoms. The summed E-state index contributed by atoms with van der Waals surface area (Å²) in [7, 11) is -3.41. The lowest BCUT2D eigenvalue weighted by Gasteiger charge is -2.19. The van der Waals surface area contributed by atoms with E-state index in [1.165, 1.54) is 0 Å². The van der Waals surface area contributed by atoms with Crippen molar-refractivity contribution in [2.24, 2.45) is 11.8 Å². The monoisotopic (exact) mass is 281 g/mol. The third-order valence-electron chi connectivity index (χ3n) is 4.50. The van der Waals surface area contributed by atoms with Gasteiger partial charge in [-0.3, -0.25) is 0 Å². The fourth-order valence-electron chi connectivity index (χ4n) is 3.38. The maximum Gasteiger partial charge on any atom is 0.243 e. The maximum absolute atomic E-state index is 12.6. The number of aliphatic hydroxyl groups excluding tert-OH is 1. The van der Waals surface area contributed by atoms with Crippen molar-refractivity contribution < 1.29 is 13.5 Å². The Bertz CT molecular complexity index is 584. The van der Waals surface area contributed by atoms with Crippen LogP contribution in [-0.2, 0) is 10.0 Å². The highest BCUT2D eigenvalue weighted by Crippen LogP contribution is 2.40. The molecule has 1 aliphatic carbocycles. The van der Waals surface area contributed by atoms with E-state index in [4.69, 9.17) is 0 Å². The van der Waals surface area contributed by atoms with E-state index in [1.807, 2.05) is 19.1 Å². The Morgan fingerprint density at radius 2 is 1.95 bits per heavy atom. The molecule has 0 radical (unpaired) electrons. The number of fused-ring (bicyclic) bond motifs is 1. The lowest BCUT2D eigenvalue weighted by atomic mass is 10.00. The molecule has 1 saturated heterocycles. The third-order valence-corrected chi connectivity index (χ3v) is 6.49. The largest absolute Gasteiger partial charge is 0.393 e. The molecule has 1 aromatic rings. The van der Waals surface area contributed by atoms with Crippen molar-refractivity contribution in [2.75, 3.05) is 13.1 Å². The number of benzene rings is 1. The van der Waals surface area contributed by atoms with Crippen LogP contribution in [0.25, 0.3) is 0 Å². The summed E-state index contributed by atoms with van der Waals surface area (Å²) in [6, 6.07) is 7.08. The first-order valence-electron chi connectivity index (χ1n) is 6.74. The zero-order chi connectivity index (χ0) is 13.6. The zero-order valence-electron chi connectivity index (χ0n) is 11.0. The average Bonchev–Trinajstić information content (AvgIpc) is 2.93. The average molecular weight is 281 g/mol.